The quantitative estimate of drug-likeness (QED) is 0.911. The lowest BCUT2D eigenvalue weighted by Gasteiger charge is -2.37. The van der Waals surface area contributed by atoms with Gasteiger partial charge in [0.1, 0.15) is 0 Å². The molecule has 122 valence electrons. The van der Waals surface area contributed by atoms with Crippen LogP contribution in [0.25, 0.3) is 0 Å². The van der Waals surface area contributed by atoms with E-state index in [0.717, 1.165) is 56.8 Å². The highest BCUT2D eigenvalue weighted by atomic mass is 16.2. The van der Waals surface area contributed by atoms with Crippen molar-refractivity contribution < 1.29 is 4.79 Å². The number of hydrogen-bond donors (Lipinski definition) is 1. The average molecular weight is 304 g/mol. The first-order valence-electron chi connectivity index (χ1n) is 8.33. The summed E-state index contributed by atoms with van der Waals surface area (Å²) in [5.74, 6) is 0.348. The zero-order valence-electron chi connectivity index (χ0n) is 14.3. The molecule has 22 heavy (non-hydrogen) atoms. The van der Waals surface area contributed by atoms with Crippen LogP contribution < -0.4 is 0 Å². The summed E-state index contributed by atoms with van der Waals surface area (Å²) in [6, 6.07) is 2.17. The lowest BCUT2D eigenvalue weighted by Crippen LogP contribution is -2.48. The molecule has 0 aliphatic carbocycles. The lowest BCUT2D eigenvalue weighted by molar-refractivity contribution is -0.143. The number of likely N-dealkylation sites (tertiary alicyclic amines) is 2. The fraction of sp³-hybridized carbons (Fsp3) is 0.765. The molecule has 5 nitrogen and oxygen atoms in total. The number of piperidine rings is 1. The molecule has 1 amide bonds. The SMILES string of the molecule is CN1CCC[C@@]2(CCN(Cc3cc(C(C)(C)C)n[nH]3)C2)C1=O. The van der Waals surface area contributed by atoms with Crippen molar-refractivity contribution in [2.75, 3.05) is 26.7 Å². The van der Waals surface area contributed by atoms with Gasteiger partial charge in [-0.2, -0.15) is 5.10 Å². The Kier molecular flexibility index (Phi) is 3.79. The molecule has 2 aliphatic heterocycles. The Balaban J connectivity index is 1.66. The number of rotatable bonds is 2. The summed E-state index contributed by atoms with van der Waals surface area (Å²) in [4.78, 5) is 16.9. The monoisotopic (exact) mass is 304 g/mol. The molecule has 0 aromatic carbocycles. The molecule has 1 aromatic rings. The molecule has 5 heteroatoms. The van der Waals surface area contributed by atoms with Gasteiger partial charge in [-0.1, -0.05) is 20.8 Å². The first-order valence-corrected chi connectivity index (χ1v) is 8.33. The van der Waals surface area contributed by atoms with Crippen molar-refractivity contribution in [2.45, 2.75) is 52.0 Å². The topological polar surface area (TPSA) is 52.2 Å². The van der Waals surface area contributed by atoms with Gasteiger partial charge < -0.3 is 4.90 Å². The van der Waals surface area contributed by atoms with Crippen molar-refractivity contribution in [3.05, 3.63) is 17.5 Å². The molecule has 0 unspecified atom stereocenters. The first-order chi connectivity index (χ1) is 10.3. The minimum Gasteiger partial charge on any atom is -0.345 e. The summed E-state index contributed by atoms with van der Waals surface area (Å²) in [5, 5.41) is 7.60. The number of carbonyl (C=O) groups is 1. The van der Waals surface area contributed by atoms with Crippen molar-refractivity contribution in [1.82, 2.24) is 20.0 Å². The van der Waals surface area contributed by atoms with Gasteiger partial charge in [0.05, 0.1) is 11.1 Å². The zero-order valence-corrected chi connectivity index (χ0v) is 14.3. The molecule has 0 radical (unpaired) electrons. The third-order valence-electron chi connectivity index (χ3n) is 5.18. The highest BCUT2D eigenvalue weighted by Gasteiger charge is 2.47. The lowest BCUT2D eigenvalue weighted by atomic mass is 9.78. The van der Waals surface area contributed by atoms with Crippen LogP contribution in [0.5, 0.6) is 0 Å². The fourth-order valence-corrected chi connectivity index (χ4v) is 3.81. The second-order valence-corrected chi connectivity index (χ2v) is 8.10. The maximum atomic E-state index is 12.6. The minimum absolute atomic E-state index is 0.0725. The highest BCUT2D eigenvalue weighted by molar-refractivity contribution is 5.83. The maximum absolute atomic E-state index is 12.6. The predicted molar refractivity (Wildman–Crippen MR) is 86.5 cm³/mol. The number of nitrogens with one attached hydrogen (secondary N) is 1. The fourth-order valence-electron chi connectivity index (χ4n) is 3.81. The van der Waals surface area contributed by atoms with Crippen LogP contribution in [0.2, 0.25) is 0 Å². The Morgan fingerprint density at radius 1 is 1.32 bits per heavy atom. The Morgan fingerprint density at radius 2 is 2.09 bits per heavy atom. The van der Waals surface area contributed by atoms with Gasteiger partial charge in [0.15, 0.2) is 0 Å². The third-order valence-corrected chi connectivity index (χ3v) is 5.18. The van der Waals surface area contributed by atoms with Gasteiger partial charge in [-0.25, -0.2) is 0 Å². The van der Waals surface area contributed by atoms with E-state index in [0.29, 0.717) is 5.91 Å². The molecule has 1 atom stereocenters. The summed E-state index contributed by atoms with van der Waals surface area (Å²) in [5.41, 5.74) is 2.20. The second kappa shape index (κ2) is 5.37. The van der Waals surface area contributed by atoms with Crippen molar-refractivity contribution in [2.24, 2.45) is 5.41 Å². The zero-order chi connectivity index (χ0) is 16.0. The first kappa shape index (κ1) is 15.5. The molecule has 1 N–H and O–H groups in total. The second-order valence-electron chi connectivity index (χ2n) is 8.10. The number of aromatic amines is 1. The summed E-state index contributed by atoms with van der Waals surface area (Å²) < 4.78 is 0. The van der Waals surface area contributed by atoms with E-state index >= 15 is 0 Å². The Bertz CT molecular complexity index is 559. The molecule has 0 bridgehead atoms. The van der Waals surface area contributed by atoms with E-state index in [4.69, 9.17) is 0 Å². The highest BCUT2D eigenvalue weighted by Crippen LogP contribution is 2.40. The molecule has 3 rings (SSSR count). The van der Waals surface area contributed by atoms with Gasteiger partial charge >= 0.3 is 0 Å². The third kappa shape index (κ3) is 2.78. The maximum Gasteiger partial charge on any atom is 0.229 e. The van der Waals surface area contributed by atoms with Crippen LogP contribution in [0.15, 0.2) is 6.07 Å². The summed E-state index contributed by atoms with van der Waals surface area (Å²) in [6.45, 7) is 10.2. The standard InChI is InChI=1S/C17H28N4O/c1-16(2,3)14-10-13(18-19-14)11-21-9-7-17(12-21)6-5-8-20(4)15(17)22/h10H,5-9,11-12H2,1-4H3,(H,18,19)/t17-/m0/s1. The minimum atomic E-state index is -0.125. The van der Waals surface area contributed by atoms with Crippen LogP contribution in [0.4, 0.5) is 0 Å². The van der Waals surface area contributed by atoms with Gasteiger partial charge in [0.2, 0.25) is 5.91 Å². The predicted octanol–water partition coefficient (Wildman–Crippen LogP) is 2.15. The molecule has 2 aliphatic rings. The van der Waals surface area contributed by atoms with Crippen molar-refractivity contribution >= 4 is 5.91 Å². The largest absolute Gasteiger partial charge is 0.345 e. The van der Waals surface area contributed by atoms with Crippen LogP contribution in [0, 0.1) is 5.41 Å². The van der Waals surface area contributed by atoms with Crippen LogP contribution in [0.1, 0.15) is 51.4 Å². The number of nitrogens with zero attached hydrogens (tertiary/aromatic N) is 3. The molecule has 1 aromatic heterocycles. The summed E-state index contributed by atoms with van der Waals surface area (Å²) >= 11 is 0. The van der Waals surface area contributed by atoms with Gasteiger partial charge in [-0.3, -0.25) is 14.8 Å². The van der Waals surface area contributed by atoms with E-state index in [1.807, 2.05) is 11.9 Å². The van der Waals surface area contributed by atoms with Crippen LogP contribution >= 0.6 is 0 Å². The molecular weight excluding hydrogens is 276 g/mol. The summed E-state index contributed by atoms with van der Waals surface area (Å²) in [7, 11) is 1.94. The van der Waals surface area contributed by atoms with E-state index in [9.17, 15) is 4.79 Å². The van der Waals surface area contributed by atoms with Gasteiger partial charge in [-0.05, 0) is 31.9 Å². The van der Waals surface area contributed by atoms with Gasteiger partial charge in [-0.15, -0.1) is 0 Å². The smallest absolute Gasteiger partial charge is 0.229 e. The number of hydrogen-bond acceptors (Lipinski definition) is 3. The average Bonchev–Trinajstić information content (AvgIpc) is 3.04. The van der Waals surface area contributed by atoms with E-state index < -0.39 is 0 Å². The van der Waals surface area contributed by atoms with Crippen LogP contribution in [0.3, 0.4) is 0 Å². The van der Waals surface area contributed by atoms with E-state index in [2.05, 4.69) is 41.9 Å². The number of carbonyl (C=O) groups excluding carboxylic acids is 1. The molecule has 2 saturated heterocycles. The molecule has 2 fully saturated rings. The normalized spacial score (nSPS) is 27.1. The molecular formula is C17H28N4O. The van der Waals surface area contributed by atoms with E-state index in [1.165, 1.54) is 0 Å². The number of aromatic nitrogens is 2. The van der Waals surface area contributed by atoms with Crippen molar-refractivity contribution in [3.8, 4) is 0 Å². The van der Waals surface area contributed by atoms with E-state index in [1.54, 1.807) is 0 Å². The number of amides is 1. The number of H-pyrrole nitrogens is 1. The van der Waals surface area contributed by atoms with Crippen molar-refractivity contribution in [3.63, 3.8) is 0 Å². The Morgan fingerprint density at radius 3 is 2.77 bits per heavy atom. The summed E-state index contributed by atoms with van der Waals surface area (Å²) in [6.07, 6.45) is 3.17. The molecule has 1 spiro atoms. The Labute approximate surface area is 133 Å². The van der Waals surface area contributed by atoms with Gasteiger partial charge in [0.25, 0.3) is 0 Å². The Hall–Kier alpha value is -1.36. The molecule has 0 saturated carbocycles. The van der Waals surface area contributed by atoms with E-state index in [-0.39, 0.29) is 10.8 Å². The molecule has 3 heterocycles. The van der Waals surface area contributed by atoms with Crippen molar-refractivity contribution in [1.29, 1.82) is 0 Å². The van der Waals surface area contributed by atoms with Gasteiger partial charge in [0, 0.05) is 37.8 Å². The van der Waals surface area contributed by atoms with Crippen LogP contribution in [-0.2, 0) is 16.8 Å². The van der Waals surface area contributed by atoms with Crippen LogP contribution in [-0.4, -0.2) is 52.6 Å².